The van der Waals surface area contributed by atoms with Crippen LogP contribution in [0.5, 0.6) is 0 Å². The van der Waals surface area contributed by atoms with Crippen LogP contribution in [0.15, 0.2) is 47.2 Å². The summed E-state index contributed by atoms with van der Waals surface area (Å²) in [4.78, 5) is 4.20. The molecular weight excluding hydrogens is 174 g/mol. The summed E-state index contributed by atoms with van der Waals surface area (Å²) in [6.45, 7) is 2.14. The molecule has 2 aromatic rings. The van der Waals surface area contributed by atoms with E-state index in [2.05, 4.69) is 24.0 Å². The monoisotopic (exact) mass is 187 g/mol. The molecule has 0 aliphatic heterocycles. The topological polar surface area (TPSA) is 26.0 Å². The average molecular weight is 187 g/mol. The minimum absolute atomic E-state index is 0.284. The van der Waals surface area contributed by atoms with Crippen molar-refractivity contribution in [2.24, 2.45) is 0 Å². The lowest BCUT2D eigenvalue weighted by Gasteiger charge is -2.10. The molecule has 0 radical (unpaired) electrons. The predicted octanol–water partition coefficient (Wildman–Crippen LogP) is 3.22. The smallest absolute Gasteiger partial charge is 0.201 e. The van der Waals surface area contributed by atoms with Crippen LogP contribution in [-0.2, 0) is 0 Å². The molecule has 0 fully saturated rings. The highest BCUT2D eigenvalue weighted by atomic mass is 16.3. The van der Waals surface area contributed by atoms with Gasteiger partial charge >= 0.3 is 0 Å². The van der Waals surface area contributed by atoms with Crippen LogP contribution < -0.4 is 0 Å². The molecule has 0 N–H and O–H groups in total. The molecule has 0 aliphatic rings. The van der Waals surface area contributed by atoms with Crippen LogP contribution in [0.4, 0.5) is 0 Å². The number of nitrogens with zero attached hydrogens (tertiary/aromatic N) is 1. The van der Waals surface area contributed by atoms with Gasteiger partial charge in [-0.05, 0) is 12.0 Å². The molecule has 2 nitrogen and oxygen atoms in total. The first-order chi connectivity index (χ1) is 6.92. The Bertz CT molecular complexity index is 366. The van der Waals surface area contributed by atoms with E-state index in [4.69, 9.17) is 4.42 Å². The van der Waals surface area contributed by atoms with Crippen LogP contribution in [0.1, 0.15) is 30.7 Å². The minimum Gasteiger partial charge on any atom is -0.448 e. The van der Waals surface area contributed by atoms with Crippen LogP contribution in [0.25, 0.3) is 0 Å². The van der Waals surface area contributed by atoms with Crippen molar-refractivity contribution in [3.63, 3.8) is 0 Å². The molecule has 0 spiro atoms. The number of rotatable bonds is 3. The number of aromatic nitrogens is 1. The second kappa shape index (κ2) is 4.09. The quantitative estimate of drug-likeness (QED) is 0.737. The van der Waals surface area contributed by atoms with Gasteiger partial charge in [-0.15, -0.1) is 0 Å². The summed E-state index contributed by atoms with van der Waals surface area (Å²) >= 11 is 0. The van der Waals surface area contributed by atoms with Crippen LogP contribution in [0.3, 0.4) is 0 Å². The van der Waals surface area contributed by atoms with Crippen molar-refractivity contribution in [3.05, 3.63) is 54.2 Å². The van der Waals surface area contributed by atoms with Crippen molar-refractivity contribution in [3.8, 4) is 0 Å². The molecule has 0 saturated heterocycles. The van der Waals surface area contributed by atoms with E-state index >= 15 is 0 Å². The Balaban J connectivity index is 2.31. The fraction of sp³-hybridized carbons (Fsp3) is 0.250. The number of hydrogen-bond acceptors (Lipinski definition) is 2. The third kappa shape index (κ3) is 1.69. The van der Waals surface area contributed by atoms with E-state index < -0.39 is 0 Å². The molecule has 1 aromatic heterocycles. The van der Waals surface area contributed by atoms with E-state index in [1.165, 1.54) is 5.56 Å². The van der Waals surface area contributed by atoms with Gasteiger partial charge in [0.15, 0.2) is 0 Å². The normalized spacial score (nSPS) is 12.6. The zero-order valence-electron chi connectivity index (χ0n) is 8.18. The molecule has 2 rings (SSSR count). The molecule has 0 saturated carbocycles. The van der Waals surface area contributed by atoms with E-state index in [9.17, 15) is 0 Å². The lowest BCUT2D eigenvalue weighted by atomic mass is 9.97. The molecule has 1 heterocycles. The molecule has 2 heteroatoms. The Labute approximate surface area is 83.6 Å². The summed E-state index contributed by atoms with van der Waals surface area (Å²) in [6.07, 6.45) is 4.33. The average Bonchev–Trinajstić information content (AvgIpc) is 2.74. The number of benzene rings is 1. The van der Waals surface area contributed by atoms with Crippen molar-refractivity contribution in [2.75, 3.05) is 0 Å². The molecule has 72 valence electrons. The molecular formula is C12H13NO. The van der Waals surface area contributed by atoms with E-state index in [1.54, 1.807) is 12.5 Å². The van der Waals surface area contributed by atoms with Crippen LogP contribution >= 0.6 is 0 Å². The first kappa shape index (κ1) is 9.00. The van der Waals surface area contributed by atoms with E-state index in [0.29, 0.717) is 0 Å². The number of oxazole rings is 1. The van der Waals surface area contributed by atoms with Gasteiger partial charge in [-0.1, -0.05) is 37.3 Å². The van der Waals surface area contributed by atoms with Crippen molar-refractivity contribution < 1.29 is 4.42 Å². The molecule has 0 bridgehead atoms. The van der Waals surface area contributed by atoms with E-state index in [0.717, 1.165) is 12.3 Å². The Morgan fingerprint density at radius 1 is 1.29 bits per heavy atom. The molecule has 0 aliphatic carbocycles. The molecule has 1 aromatic carbocycles. The summed E-state index contributed by atoms with van der Waals surface area (Å²) in [5.41, 5.74) is 1.26. The van der Waals surface area contributed by atoms with Crippen molar-refractivity contribution in [2.45, 2.75) is 19.3 Å². The van der Waals surface area contributed by atoms with Crippen molar-refractivity contribution in [1.82, 2.24) is 4.98 Å². The van der Waals surface area contributed by atoms with Gasteiger partial charge in [0.25, 0.3) is 0 Å². The third-order valence-corrected chi connectivity index (χ3v) is 2.36. The fourth-order valence-electron chi connectivity index (χ4n) is 1.64. The molecule has 1 atom stereocenters. The summed E-state index contributed by atoms with van der Waals surface area (Å²) in [7, 11) is 0. The van der Waals surface area contributed by atoms with Crippen molar-refractivity contribution >= 4 is 0 Å². The fourth-order valence-corrected chi connectivity index (χ4v) is 1.64. The van der Waals surface area contributed by atoms with Gasteiger partial charge in [0.1, 0.15) is 6.26 Å². The van der Waals surface area contributed by atoms with E-state index in [-0.39, 0.29) is 5.92 Å². The summed E-state index contributed by atoms with van der Waals surface area (Å²) in [5, 5.41) is 0. The van der Waals surface area contributed by atoms with Crippen molar-refractivity contribution in [1.29, 1.82) is 0 Å². The maximum atomic E-state index is 5.33. The first-order valence-corrected chi connectivity index (χ1v) is 4.86. The standard InChI is InChI=1S/C12H13NO/c1-2-11(12-13-8-9-14-12)10-6-4-3-5-7-10/h3-9,11H,2H2,1H3. The molecule has 1 unspecified atom stereocenters. The van der Waals surface area contributed by atoms with Gasteiger partial charge in [0.2, 0.25) is 5.89 Å². The molecule has 14 heavy (non-hydrogen) atoms. The Hall–Kier alpha value is -1.57. The summed E-state index contributed by atoms with van der Waals surface area (Å²) in [6, 6.07) is 10.3. The van der Waals surface area contributed by atoms with E-state index in [1.807, 2.05) is 18.2 Å². The highest BCUT2D eigenvalue weighted by Crippen LogP contribution is 2.25. The van der Waals surface area contributed by atoms with Gasteiger partial charge in [0, 0.05) is 0 Å². The van der Waals surface area contributed by atoms with Gasteiger partial charge in [-0.3, -0.25) is 0 Å². The summed E-state index contributed by atoms with van der Waals surface area (Å²) < 4.78 is 5.33. The highest BCUT2D eigenvalue weighted by molar-refractivity contribution is 5.24. The minimum atomic E-state index is 0.284. The Kier molecular flexibility index (Phi) is 2.63. The zero-order chi connectivity index (χ0) is 9.80. The maximum absolute atomic E-state index is 5.33. The van der Waals surface area contributed by atoms with Gasteiger partial charge in [-0.25, -0.2) is 4.98 Å². The number of hydrogen-bond donors (Lipinski definition) is 0. The second-order valence-electron chi connectivity index (χ2n) is 3.24. The lowest BCUT2D eigenvalue weighted by Crippen LogP contribution is -1.99. The molecule has 0 amide bonds. The third-order valence-electron chi connectivity index (χ3n) is 2.36. The maximum Gasteiger partial charge on any atom is 0.201 e. The van der Waals surface area contributed by atoms with Gasteiger partial charge in [0.05, 0.1) is 12.1 Å². The lowest BCUT2D eigenvalue weighted by molar-refractivity contribution is 0.464. The predicted molar refractivity (Wildman–Crippen MR) is 55.1 cm³/mol. The zero-order valence-corrected chi connectivity index (χ0v) is 8.18. The Morgan fingerprint density at radius 2 is 2.07 bits per heavy atom. The van der Waals surface area contributed by atoms with Gasteiger partial charge < -0.3 is 4.42 Å². The van der Waals surface area contributed by atoms with Crippen LogP contribution in [-0.4, -0.2) is 4.98 Å². The van der Waals surface area contributed by atoms with Gasteiger partial charge in [-0.2, -0.15) is 0 Å². The van der Waals surface area contributed by atoms with Crippen LogP contribution in [0, 0.1) is 0 Å². The SMILES string of the molecule is CCC(c1ccccc1)c1ncco1. The van der Waals surface area contributed by atoms with Crippen LogP contribution in [0.2, 0.25) is 0 Å². The summed E-state index contributed by atoms with van der Waals surface area (Å²) in [5.74, 6) is 1.09. The first-order valence-electron chi connectivity index (χ1n) is 4.86. The highest BCUT2D eigenvalue weighted by Gasteiger charge is 2.15. The largest absolute Gasteiger partial charge is 0.448 e. The second-order valence-corrected chi connectivity index (χ2v) is 3.24. The Morgan fingerprint density at radius 3 is 2.64 bits per heavy atom.